The third-order valence-electron chi connectivity index (χ3n) is 2.15. The fraction of sp³-hybridized carbons (Fsp3) is 0.333. The number of rotatable bonds is 8. The van der Waals surface area contributed by atoms with Crippen LogP contribution < -0.4 is 0 Å². The van der Waals surface area contributed by atoms with Crippen LogP contribution >= 0.6 is 0 Å². The van der Waals surface area contributed by atoms with Crippen molar-refractivity contribution in [1.29, 1.82) is 0 Å². The number of ether oxygens (including phenoxy) is 3. The predicted octanol–water partition coefficient (Wildman–Crippen LogP) is 1.13. The molecule has 0 heterocycles. The Morgan fingerprint density at radius 2 is 1.52 bits per heavy atom. The molecule has 0 aromatic heterocycles. The molecule has 1 unspecified atom stereocenters. The van der Waals surface area contributed by atoms with E-state index in [1.165, 1.54) is 20.8 Å². The van der Waals surface area contributed by atoms with Gasteiger partial charge in [0.1, 0.15) is 0 Å². The Morgan fingerprint density at radius 1 is 1.00 bits per heavy atom. The molecular weight excluding hydrogens is 308 g/mol. The average molecular weight is 326 g/mol. The van der Waals surface area contributed by atoms with Gasteiger partial charge in [-0.25, -0.2) is 19.2 Å². The molecule has 0 radical (unpaired) electrons. The summed E-state index contributed by atoms with van der Waals surface area (Å²) < 4.78 is 14.6. The number of carbonyl (C=O) groups excluding carboxylic acids is 3. The lowest BCUT2D eigenvalue weighted by molar-refractivity contribution is -0.231. The maximum atomic E-state index is 11.6. The Hall–Kier alpha value is -2.90. The highest BCUT2D eigenvalue weighted by Crippen LogP contribution is 2.17. The number of carbonyl (C=O) groups is 4. The van der Waals surface area contributed by atoms with E-state index in [1.54, 1.807) is 0 Å². The van der Waals surface area contributed by atoms with Gasteiger partial charge in [-0.1, -0.05) is 13.2 Å². The van der Waals surface area contributed by atoms with Crippen LogP contribution in [0.5, 0.6) is 0 Å². The van der Waals surface area contributed by atoms with Gasteiger partial charge in [-0.15, -0.1) is 0 Å². The van der Waals surface area contributed by atoms with E-state index in [0.29, 0.717) is 12.2 Å². The van der Waals surface area contributed by atoms with Crippen molar-refractivity contribution in [1.82, 2.24) is 0 Å². The van der Waals surface area contributed by atoms with Gasteiger partial charge in [0, 0.05) is 30.2 Å². The Balaban J connectivity index is 5.11. The van der Waals surface area contributed by atoms with E-state index < -0.39 is 36.3 Å². The summed E-state index contributed by atoms with van der Waals surface area (Å²) in [5.74, 6) is -6.08. The fourth-order valence-electron chi connectivity index (χ4n) is 1.07. The molecule has 1 N–H and O–H groups in total. The average Bonchev–Trinajstić information content (AvgIpc) is 2.42. The van der Waals surface area contributed by atoms with Gasteiger partial charge < -0.3 is 19.3 Å². The van der Waals surface area contributed by atoms with Crippen LogP contribution in [0.2, 0.25) is 0 Å². The summed E-state index contributed by atoms with van der Waals surface area (Å²) in [7, 11) is 0. The Kier molecular flexibility index (Phi) is 7.45. The van der Waals surface area contributed by atoms with Gasteiger partial charge in [-0.05, 0) is 13.8 Å². The number of carboxylic acid groups (broad SMARTS) is 1. The van der Waals surface area contributed by atoms with E-state index >= 15 is 0 Å². The molecule has 0 saturated carbocycles. The first-order valence-electron chi connectivity index (χ1n) is 6.32. The number of carboxylic acids is 1. The zero-order chi connectivity index (χ0) is 18.2. The first kappa shape index (κ1) is 20.1. The third-order valence-corrected chi connectivity index (χ3v) is 2.15. The number of hydrogen-bond donors (Lipinski definition) is 1. The van der Waals surface area contributed by atoms with Crippen molar-refractivity contribution >= 4 is 23.9 Å². The van der Waals surface area contributed by atoms with Gasteiger partial charge in [0.15, 0.2) is 6.61 Å². The topological polar surface area (TPSA) is 116 Å². The standard InChI is InChI=1S/C15H18O8/c1-9(2)13(19)21-8-15(5,23-14(20)10(3)4)22-12(18)7-6-11(16)17/h6-7H,1,3,8H2,2,4-5H3,(H,16,17)/b7-6+. The molecule has 0 aromatic rings. The molecule has 8 nitrogen and oxygen atoms in total. The number of esters is 3. The van der Waals surface area contributed by atoms with Crippen LogP contribution in [0.15, 0.2) is 36.5 Å². The van der Waals surface area contributed by atoms with Crippen LogP contribution in [0.1, 0.15) is 20.8 Å². The summed E-state index contributed by atoms with van der Waals surface area (Å²) in [6.07, 6.45) is 1.17. The van der Waals surface area contributed by atoms with Crippen LogP contribution in [0.25, 0.3) is 0 Å². The third kappa shape index (κ3) is 8.20. The first-order valence-corrected chi connectivity index (χ1v) is 6.32. The van der Waals surface area contributed by atoms with Crippen molar-refractivity contribution in [3.05, 3.63) is 36.5 Å². The molecule has 1 atom stereocenters. The maximum absolute atomic E-state index is 11.6. The van der Waals surface area contributed by atoms with Crippen LogP contribution in [0.4, 0.5) is 0 Å². The van der Waals surface area contributed by atoms with E-state index in [2.05, 4.69) is 13.2 Å². The van der Waals surface area contributed by atoms with E-state index in [9.17, 15) is 19.2 Å². The number of hydrogen-bond acceptors (Lipinski definition) is 7. The van der Waals surface area contributed by atoms with E-state index in [-0.39, 0.29) is 11.1 Å². The Labute approximate surface area is 133 Å². The van der Waals surface area contributed by atoms with Gasteiger partial charge in [0.05, 0.1) is 0 Å². The molecule has 0 spiro atoms. The second kappa shape index (κ2) is 8.52. The lowest BCUT2D eigenvalue weighted by atomic mass is 10.3. The van der Waals surface area contributed by atoms with Crippen LogP contribution in [-0.2, 0) is 33.4 Å². The molecule has 0 aliphatic heterocycles. The second-order valence-corrected chi connectivity index (χ2v) is 4.75. The van der Waals surface area contributed by atoms with E-state index in [1.807, 2.05) is 0 Å². The summed E-state index contributed by atoms with van der Waals surface area (Å²) in [4.78, 5) is 44.9. The zero-order valence-electron chi connectivity index (χ0n) is 13.1. The Morgan fingerprint density at radius 3 is 1.96 bits per heavy atom. The summed E-state index contributed by atoms with van der Waals surface area (Å²) >= 11 is 0. The lowest BCUT2D eigenvalue weighted by Crippen LogP contribution is -2.42. The van der Waals surface area contributed by atoms with Gasteiger partial charge in [0.2, 0.25) is 0 Å². The molecule has 0 fully saturated rings. The van der Waals surface area contributed by atoms with Crippen molar-refractivity contribution in [3.63, 3.8) is 0 Å². The molecule has 0 aromatic carbocycles. The van der Waals surface area contributed by atoms with Gasteiger partial charge in [0.25, 0.3) is 5.79 Å². The SMILES string of the molecule is C=C(C)C(=O)OCC(C)(OC(=O)/C=C/C(=O)O)OC(=O)C(=C)C. The van der Waals surface area contributed by atoms with Crippen molar-refractivity contribution in [2.45, 2.75) is 26.6 Å². The van der Waals surface area contributed by atoms with Crippen LogP contribution in [0.3, 0.4) is 0 Å². The molecule has 126 valence electrons. The normalized spacial score (nSPS) is 12.8. The first-order chi connectivity index (χ1) is 10.5. The van der Waals surface area contributed by atoms with Gasteiger partial charge >= 0.3 is 23.9 Å². The second-order valence-electron chi connectivity index (χ2n) is 4.75. The molecule has 0 saturated heterocycles. The smallest absolute Gasteiger partial charge is 0.336 e. The number of aliphatic carboxylic acids is 1. The minimum Gasteiger partial charge on any atom is -0.478 e. The van der Waals surface area contributed by atoms with Crippen molar-refractivity contribution in [2.75, 3.05) is 6.61 Å². The van der Waals surface area contributed by atoms with Gasteiger partial charge in [-0.3, -0.25) is 0 Å². The van der Waals surface area contributed by atoms with E-state index in [4.69, 9.17) is 19.3 Å². The quantitative estimate of drug-likeness (QED) is 0.401. The maximum Gasteiger partial charge on any atom is 0.336 e. The zero-order valence-corrected chi connectivity index (χ0v) is 13.1. The molecule has 0 rings (SSSR count). The van der Waals surface area contributed by atoms with Crippen molar-refractivity contribution in [2.24, 2.45) is 0 Å². The summed E-state index contributed by atoms with van der Waals surface area (Å²) in [5, 5.41) is 8.45. The molecular formula is C15H18O8. The Bertz CT molecular complexity index is 572. The summed E-state index contributed by atoms with van der Waals surface area (Å²) in [6.45, 7) is 10.1. The van der Waals surface area contributed by atoms with Gasteiger partial charge in [-0.2, -0.15) is 0 Å². The monoisotopic (exact) mass is 326 g/mol. The fourth-order valence-corrected chi connectivity index (χ4v) is 1.07. The molecule has 0 aliphatic carbocycles. The molecule has 23 heavy (non-hydrogen) atoms. The van der Waals surface area contributed by atoms with Crippen LogP contribution in [-0.4, -0.2) is 41.4 Å². The predicted molar refractivity (Wildman–Crippen MR) is 78.0 cm³/mol. The minimum atomic E-state index is -1.96. The van der Waals surface area contributed by atoms with E-state index in [0.717, 1.165) is 0 Å². The van der Waals surface area contributed by atoms with Crippen molar-refractivity contribution in [3.8, 4) is 0 Å². The van der Waals surface area contributed by atoms with Crippen molar-refractivity contribution < 1.29 is 38.5 Å². The highest BCUT2D eigenvalue weighted by Gasteiger charge is 2.35. The molecule has 0 aliphatic rings. The molecule has 0 amide bonds. The molecule has 0 bridgehead atoms. The molecule has 8 heteroatoms. The highest BCUT2D eigenvalue weighted by atomic mass is 16.7. The lowest BCUT2D eigenvalue weighted by Gasteiger charge is -2.28. The van der Waals surface area contributed by atoms with Crippen LogP contribution in [0, 0.1) is 0 Å². The largest absolute Gasteiger partial charge is 0.478 e. The highest BCUT2D eigenvalue weighted by molar-refractivity contribution is 5.91. The summed E-state index contributed by atoms with van der Waals surface area (Å²) in [6, 6.07) is 0. The summed E-state index contributed by atoms with van der Waals surface area (Å²) in [5.41, 5.74) is 0.121. The minimum absolute atomic E-state index is 0.0274.